The van der Waals surface area contributed by atoms with Gasteiger partial charge in [-0.1, -0.05) is 20.8 Å². The van der Waals surface area contributed by atoms with Crippen molar-refractivity contribution in [3.05, 3.63) is 0 Å². The summed E-state index contributed by atoms with van der Waals surface area (Å²) in [6.07, 6.45) is 3.25. The first-order valence-electron chi connectivity index (χ1n) is 5.30. The van der Waals surface area contributed by atoms with Crippen molar-refractivity contribution in [1.29, 1.82) is 0 Å². The van der Waals surface area contributed by atoms with Gasteiger partial charge in [0, 0.05) is 11.8 Å². The van der Waals surface area contributed by atoms with E-state index in [0.717, 1.165) is 12.8 Å². The van der Waals surface area contributed by atoms with E-state index >= 15 is 0 Å². The van der Waals surface area contributed by atoms with Crippen molar-refractivity contribution in [3.8, 4) is 0 Å². The highest BCUT2D eigenvalue weighted by Gasteiger charge is 2.61. The molecule has 2 fully saturated rings. The third-order valence-corrected chi connectivity index (χ3v) is 4.48. The van der Waals surface area contributed by atoms with E-state index in [4.69, 9.17) is 19.2 Å². The number of fused-ring (bicyclic) bond motifs is 2. The molecule has 2 aliphatic carbocycles. The molecule has 0 radical (unpaired) electrons. The molecule has 0 amide bonds. The second-order valence-electron chi connectivity index (χ2n) is 5.43. The molecule has 94 valence electrons. The number of carbonyl (C=O) groups excluding carboxylic acids is 1. The van der Waals surface area contributed by atoms with Crippen molar-refractivity contribution in [3.63, 3.8) is 0 Å². The van der Waals surface area contributed by atoms with Gasteiger partial charge in [-0.3, -0.25) is 4.79 Å². The maximum atomic E-state index is 11.6. The van der Waals surface area contributed by atoms with Gasteiger partial charge in [-0.25, -0.2) is 4.57 Å². The van der Waals surface area contributed by atoms with E-state index in [0.29, 0.717) is 11.7 Å². The predicted molar refractivity (Wildman–Crippen MR) is 58.5 cm³/mol. The van der Waals surface area contributed by atoms with E-state index < -0.39 is 7.82 Å². The minimum Gasteiger partial charge on any atom is -0.303 e. The summed E-state index contributed by atoms with van der Waals surface area (Å²) >= 11 is 0. The minimum absolute atomic E-state index is 0.0255. The Morgan fingerprint density at radius 3 is 1.81 bits per heavy atom. The Morgan fingerprint density at radius 2 is 1.69 bits per heavy atom. The Balaban J connectivity index is 0.000000221. The molecule has 6 heteroatoms. The SMILES string of the molecule is CC12CCC(CC1=O)C2(C)C.O=P(O)(O)O. The molecular formula is C10H19O5P. The van der Waals surface area contributed by atoms with Crippen LogP contribution in [0.15, 0.2) is 0 Å². The normalized spacial score (nSPS) is 35.9. The molecule has 2 atom stereocenters. The fourth-order valence-corrected chi connectivity index (χ4v) is 2.90. The molecule has 2 unspecified atom stereocenters. The Bertz CT molecular complexity index is 337. The fourth-order valence-electron chi connectivity index (χ4n) is 2.90. The monoisotopic (exact) mass is 250 g/mol. The summed E-state index contributed by atoms with van der Waals surface area (Å²) in [5, 5.41) is 0. The van der Waals surface area contributed by atoms with Crippen LogP contribution in [0.4, 0.5) is 0 Å². The molecule has 0 spiro atoms. The first-order chi connectivity index (χ1) is 6.98. The number of rotatable bonds is 0. The third-order valence-electron chi connectivity index (χ3n) is 4.48. The number of ketones is 1. The quantitative estimate of drug-likeness (QED) is 0.566. The van der Waals surface area contributed by atoms with Crippen molar-refractivity contribution >= 4 is 13.6 Å². The van der Waals surface area contributed by atoms with Crippen molar-refractivity contribution in [2.24, 2.45) is 16.7 Å². The first kappa shape index (κ1) is 13.8. The summed E-state index contributed by atoms with van der Waals surface area (Å²) in [4.78, 5) is 33.1. The minimum atomic E-state index is -4.64. The van der Waals surface area contributed by atoms with Gasteiger partial charge >= 0.3 is 7.82 Å². The van der Waals surface area contributed by atoms with Gasteiger partial charge in [-0.15, -0.1) is 0 Å². The topological polar surface area (TPSA) is 94.8 Å². The lowest BCUT2D eigenvalue weighted by molar-refractivity contribution is -0.128. The van der Waals surface area contributed by atoms with Crippen molar-refractivity contribution in [1.82, 2.24) is 0 Å². The summed E-state index contributed by atoms with van der Waals surface area (Å²) in [5.41, 5.74) is 0.307. The van der Waals surface area contributed by atoms with Crippen LogP contribution in [0.5, 0.6) is 0 Å². The summed E-state index contributed by atoms with van der Waals surface area (Å²) in [7, 11) is -4.64. The average Bonchev–Trinajstić information content (AvgIpc) is 2.33. The molecular weight excluding hydrogens is 231 g/mol. The lowest BCUT2D eigenvalue weighted by atomic mass is 9.70. The lowest BCUT2D eigenvalue weighted by Crippen LogP contribution is -2.32. The Hall–Kier alpha value is -0.220. The van der Waals surface area contributed by atoms with Gasteiger partial charge in [-0.2, -0.15) is 0 Å². The molecule has 0 aromatic carbocycles. The summed E-state index contributed by atoms with van der Waals surface area (Å²) in [6, 6.07) is 0. The van der Waals surface area contributed by atoms with Crippen LogP contribution in [0.1, 0.15) is 40.0 Å². The summed E-state index contributed by atoms with van der Waals surface area (Å²) < 4.78 is 8.88. The molecule has 5 nitrogen and oxygen atoms in total. The maximum absolute atomic E-state index is 11.6. The molecule has 0 saturated heterocycles. The number of carbonyl (C=O) groups is 1. The fraction of sp³-hybridized carbons (Fsp3) is 0.900. The zero-order chi connectivity index (χ0) is 12.8. The molecule has 2 aliphatic rings. The molecule has 0 heterocycles. The third kappa shape index (κ3) is 2.38. The van der Waals surface area contributed by atoms with Gasteiger partial charge in [0.1, 0.15) is 5.78 Å². The summed E-state index contributed by atoms with van der Waals surface area (Å²) in [6.45, 7) is 6.67. The largest absolute Gasteiger partial charge is 0.466 e. The van der Waals surface area contributed by atoms with Crippen LogP contribution in [0.25, 0.3) is 0 Å². The molecule has 3 N–H and O–H groups in total. The Morgan fingerprint density at radius 1 is 1.25 bits per heavy atom. The van der Waals surface area contributed by atoms with E-state index in [1.54, 1.807) is 0 Å². The van der Waals surface area contributed by atoms with E-state index in [1.807, 2.05) is 0 Å². The maximum Gasteiger partial charge on any atom is 0.466 e. The van der Waals surface area contributed by atoms with E-state index in [2.05, 4.69) is 20.8 Å². The summed E-state index contributed by atoms with van der Waals surface area (Å²) in [5.74, 6) is 1.19. The highest BCUT2D eigenvalue weighted by molar-refractivity contribution is 7.45. The van der Waals surface area contributed by atoms with Crippen LogP contribution in [0.3, 0.4) is 0 Å². The second-order valence-corrected chi connectivity index (χ2v) is 6.46. The second kappa shape index (κ2) is 3.91. The highest BCUT2D eigenvalue weighted by Crippen LogP contribution is 2.63. The number of hydrogen-bond donors (Lipinski definition) is 3. The van der Waals surface area contributed by atoms with Gasteiger partial charge in [0.15, 0.2) is 0 Å². The molecule has 16 heavy (non-hydrogen) atoms. The van der Waals surface area contributed by atoms with Crippen LogP contribution in [0.2, 0.25) is 0 Å². The van der Waals surface area contributed by atoms with Crippen molar-refractivity contribution < 1.29 is 24.0 Å². The van der Waals surface area contributed by atoms with Crippen LogP contribution >= 0.6 is 7.82 Å². The first-order valence-corrected chi connectivity index (χ1v) is 6.86. The van der Waals surface area contributed by atoms with Crippen LogP contribution in [-0.4, -0.2) is 20.5 Å². The lowest BCUT2D eigenvalue weighted by Gasteiger charge is -2.32. The van der Waals surface area contributed by atoms with E-state index in [1.165, 1.54) is 6.42 Å². The molecule has 0 aliphatic heterocycles. The van der Waals surface area contributed by atoms with Gasteiger partial charge in [0.25, 0.3) is 0 Å². The van der Waals surface area contributed by atoms with Crippen LogP contribution in [0, 0.1) is 16.7 Å². The predicted octanol–water partition coefficient (Wildman–Crippen LogP) is 1.47. The van der Waals surface area contributed by atoms with Gasteiger partial charge in [0.05, 0.1) is 0 Å². The molecule has 2 saturated carbocycles. The van der Waals surface area contributed by atoms with Crippen molar-refractivity contribution in [2.75, 3.05) is 0 Å². The Labute approximate surface area is 95.1 Å². The number of Topliss-reactive ketones (excluding diaryl/α,β-unsaturated/α-hetero) is 1. The molecule has 0 aromatic rings. The van der Waals surface area contributed by atoms with Gasteiger partial charge in [-0.05, 0) is 24.2 Å². The van der Waals surface area contributed by atoms with Gasteiger partial charge < -0.3 is 14.7 Å². The molecule has 2 rings (SSSR count). The van der Waals surface area contributed by atoms with E-state index in [-0.39, 0.29) is 10.8 Å². The zero-order valence-electron chi connectivity index (χ0n) is 9.80. The van der Waals surface area contributed by atoms with E-state index in [9.17, 15) is 4.79 Å². The molecule has 0 aromatic heterocycles. The number of phosphoric acid groups is 1. The standard InChI is InChI=1S/C10H16O.H3O4P/c1-9(2)7-4-5-10(9,3)8(11)6-7;1-5(2,3)4/h7H,4-6H2,1-3H3;(H3,1,2,3,4). The molecule has 2 bridgehead atoms. The highest BCUT2D eigenvalue weighted by atomic mass is 31.2. The zero-order valence-corrected chi connectivity index (χ0v) is 10.7. The van der Waals surface area contributed by atoms with Crippen molar-refractivity contribution in [2.45, 2.75) is 40.0 Å². The van der Waals surface area contributed by atoms with Gasteiger partial charge in [0.2, 0.25) is 0 Å². The Kier molecular flexibility index (Phi) is 3.39. The van der Waals surface area contributed by atoms with Crippen LogP contribution in [-0.2, 0) is 9.36 Å². The number of hydrogen-bond acceptors (Lipinski definition) is 2. The van der Waals surface area contributed by atoms with Crippen LogP contribution < -0.4 is 0 Å². The smallest absolute Gasteiger partial charge is 0.303 e. The average molecular weight is 250 g/mol.